The number of ether oxygens (including phenoxy) is 4. The molecule has 0 spiro atoms. The highest BCUT2D eigenvalue weighted by Gasteiger charge is 2.14. The van der Waals surface area contributed by atoms with Crippen LogP contribution in [0.25, 0.3) is 16.0 Å². The van der Waals surface area contributed by atoms with Gasteiger partial charge in [-0.25, -0.2) is 4.79 Å². The summed E-state index contributed by atoms with van der Waals surface area (Å²) in [6.45, 7) is 7.16. The van der Waals surface area contributed by atoms with Crippen LogP contribution in [0.3, 0.4) is 0 Å². The summed E-state index contributed by atoms with van der Waals surface area (Å²) in [6.07, 6.45) is 4.03. The normalized spacial score (nSPS) is 10.6. The van der Waals surface area contributed by atoms with Crippen LogP contribution in [0.1, 0.15) is 38.2 Å². The van der Waals surface area contributed by atoms with Crippen molar-refractivity contribution in [3.05, 3.63) is 64.5 Å². The summed E-state index contributed by atoms with van der Waals surface area (Å²) in [5.74, 6) is 1.66. The van der Waals surface area contributed by atoms with E-state index in [2.05, 4.69) is 18.7 Å². The zero-order chi connectivity index (χ0) is 25.0. The van der Waals surface area contributed by atoms with Crippen LogP contribution in [0.2, 0.25) is 0 Å². The van der Waals surface area contributed by atoms with E-state index >= 15 is 0 Å². The molecule has 0 aliphatic heterocycles. The van der Waals surface area contributed by atoms with Gasteiger partial charge in [-0.1, -0.05) is 45.5 Å². The number of methoxy groups -OCH3 is 1. The molecule has 0 unspecified atom stereocenters. The molecule has 3 rings (SSSR count). The quantitative estimate of drug-likeness (QED) is 0.0696. The summed E-state index contributed by atoms with van der Waals surface area (Å²) in [4.78, 5) is 13.1. The van der Waals surface area contributed by atoms with Gasteiger partial charge in [0.25, 0.3) is 0 Å². The average molecular weight is 531 g/mol. The molecule has 3 aromatic rings. The van der Waals surface area contributed by atoms with Crippen molar-refractivity contribution >= 4 is 44.4 Å². The van der Waals surface area contributed by atoms with E-state index in [0.29, 0.717) is 42.5 Å². The number of rotatable bonds is 14. The first-order valence-electron chi connectivity index (χ1n) is 11.5. The van der Waals surface area contributed by atoms with Gasteiger partial charge in [0, 0.05) is 4.88 Å². The van der Waals surface area contributed by atoms with Gasteiger partial charge in [0.1, 0.15) is 9.57 Å². The van der Waals surface area contributed by atoms with Gasteiger partial charge in [0.05, 0.1) is 32.5 Å². The molecule has 0 amide bonds. The summed E-state index contributed by atoms with van der Waals surface area (Å²) in [7, 11) is 4.90. The van der Waals surface area contributed by atoms with Gasteiger partial charge < -0.3 is 18.9 Å². The van der Waals surface area contributed by atoms with Gasteiger partial charge in [0.2, 0.25) is 0 Å². The number of hydrogen-bond acceptors (Lipinski definition) is 8. The predicted molar refractivity (Wildman–Crippen MR) is 147 cm³/mol. The minimum atomic E-state index is -0.436. The summed E-state index contributed by atoms with van der Waals surface area (Å²) >= 11 is 5.21. The SMILES string of the molecule is C=C(C(=O)OCC)c1ccc(OCCCCCCOc2ccc(-c3cc(=S)ss3)cc2)c(OC)c1. The topological polar surface area (TPSA) is 54.0 Å². The Morgan fingerprint density at radius 2 is 1.63 bits per heavy atom. The Labute approximate surface area is 219 Å². The monoisotopic (exact) mass is 530 g/mol. The lowest BCUT2D eigenvalue weighted by Crippen LogP contribution is -2.06. The van der Waals surface area contributed by atoms with Crippen LogP contribution in [0, 0.1) is 3.82 Å². The van der Waals surface area contributed by atoms with E-state index < -0.39 is 5.97 Å². The van der Waals surface area contributed by atoms with E-state index in [1.54, 1.807) is 52.9 Å². The fraction of sp³-hybridized carbons (Fsp3) is 0.333. The van der Waals surface area contributed by atoms with Gasteiger partial charge in [-0.3, -0.25) is 0 Å². The van der Waals surface area contributed by atoms with Crippen molar-refractivity contribution in [2.45, 2.75) is 32.6 Å². The summed E-state index contributed by atoms with van der Waals surface area (Å²) < 4.78 is 23.1. The third-order valence-corrected chi connectivity index (χ3v) is 8.11. The second kappa shape index (κ2) is 14.0. The third kappa shape index (κ3) is 8.19. The first-order chi connectivity index (χ1) is 17.0. The lowest BCUT2D eigenvalue weighted by Gasteiger charge is -2.13. The molecule has 0 aliphatic carbocycles. The molecule has 2 aromatic carbocycles. The Kier molecular flexibility index (Phi) is 10.8. The number of hydrogen-bond donors (Lipinski definition) is 0. The van der Waals surface area contributed by atoms with Gasteiger partial charge >= 0.3 is 5.97 Å². The molecule has 0 aliphatic rings. The minimum Gasteiger partial charge on any atom is -0.494 e. The Hall–Kier alpha value is -2.68. The van der Waals surface area contributed by atoms with E-state index in [-0.39, 0.29) is 0 Å². The predicted octanol–water partition coefficient (Wildman–Crippen LogP) is 7.81. The van der Waals surface area contributed by atoms with E-state index in [1.165, 1.54) is 10.4 Å². The molecule has 0 saturated heterocycles. The molecule has 0 N–H and O–H groups in total. The Morgan fingerprint density at radius 1 is 0.914 bits per heavy atom. The van der Waals surface area contributed by atoms with Crippen molar-refractivity contribution in [2.24, 2.45) is 0 Å². The molecule has 1 heterocycles. The van der Waals surface area contributed by atoms with Crippen molar-refractivity contribution in [1.29, 1.82) is 0 Å². The first-order valence-corrected chi connectivity index (χ1v) is 14.1. The largest absolute Gasteiger partial charge is 0.494 e. The zero-order valence-corrected chi connectivity index (χ0v) is 22.5. The summed E-state index contributed by atoms with van der Waals surface area (Å²) in [5, 5.41) is 0. The van der Waals surface area contributed by atoms with Crippen LogP contribution in [0.4, 0.5) is 0 Å². The third-order valence-electron chi connectivity index (χ3n) is 5.20. The fourth-order valence-corrected chi connectivity index (χ4v) is 5.73. The van der Waals surface area contributed by atoms with Gasteiger partial charge in [-0.05, 0) is 86.2 Å². The highest BCUT2D eigenvalue weighted by Crippen LogP contribution is 2.32. The molecular formula is C27H30O5S3. The minimum absolute atomic E-state index is 0.295. The van der Waals surface area contributed by atoms with Gasteiger partial charge in [0.15, 0.2) is 11.5 Å². The number of carbonyl (C=O) groups is 1. The highest BCUT2D eigenvalue weighted by atomic mass is 32.9. The lowest BCUT2D eigenvalue weighted by molar-refractivity contribution is -0.136. The van der Waals surface area contributed by atoms with E-state index in [0.717, 1.165) is 35.3 Å². The summed E-state index contributed by atoms with van der Waals surface area (Å²) in [6, 6.07) is 15.6. The molecule has 5 nitrogen and oxygen atoms in total. The Balaban J connectivity index is 1.33. The van der Waals surface area contributed by atoms with Crippen LogP contribution >= 0.6 is 32.9 Å². The van der Waals surface area contributed by atoms with E-state index in [4.69, 9.17) is 31.2 Å². The number of esters is 1. The molecule has 0 saturated carbocycles. The molecule has 186 valence electrons. The first kappa shape index (κ1) is 26.9. The van der Waals surface area contributed by atoms with Crippen LogP contribution in [0.15, 0.2) is 55.1 Å². The molecule has 0 radical (unpaired) electrons. The van der Waals surface area contributed by atoms with Crippen molar-refractivity contribution in [2.75, 3.05) is 26.9 Å². The molecule has 0 atom stereocenters. The van der Waals surface area contributed by atoms with Gasteiger partial charge in [-0.2, -0.15) is 0 Å². The number of benzene rings is 2. The van der Waals surface area contributed by atoms with Crippen LogP contribution in [-0.4, -0.2) is 32.9 Å². The second-order valence-corrected chi connectivity index (χ2v) is 10.6. The fourth-order valence-electron chi connectivity index (χ4n) is 3.33. The van der Waals surface area contributed by atoms with Crippen molar-refractivity contribution in [3.63, 3.8) is 0 Å². The lowest BCUT2D eigenvalue weighted by atomic mass is 10.1. The Bertz CT molecular complexity index is 1160. The second-order valence-electron chi connectivity index (χ2n) is 7.69. The molecule has 1 aromatic heterocycles. The maximum atomic E-state index is 11.9. The highest BCUT2D eigenvalue weighted by molar-refractivity contribution is 7.80. The van der Waals surface area contributed by atoms with Crippen LogP contribution in [0.5, 0.6) is 17.2 Å². The smallest absolute Gasteiger partial charge is 0.338 e. The molecule has 0 bridgehead atoms. The van der Waals surface area contributed by atoms with Gasteiger partial charge in [-0.15, -0.1) is 0 Å². The average Bonchev–Trinajstić information content (AvgIpc) is 3.31. The molecule has 0 fully saturated rings. The van der Waals surface area contributed by atoms with E-state index in [1.807, 2.05) is 18.2 Å². The molecular weight excluding hydrogens is 500 g/mol. The molecule has 35 heavy (non-hydrogen) atoms. The van der Waals surface area contributed by atoms with Crippen LogP contribution < -0.4 is 14.2 Å². The maximum Gasteiger partial charge on any atom is 0.338 e. The number of unbranched alkanes of at least 4 members (excludes halogenated alkanes) is 3. The van der Waals surface area contributed by atoms with Crippen molar-refractivity contribution < 1.29 is 23.7 Å². The standard InChI is InChI=1S/C27H30O5S3/c1-4-30-27(28)19(2)21-11-14-23(24(17-21)29-3)32-16-8-6-5-7-15-31-22-12-9-20(10-13-22)25-18-26(33)35-34-25/h9-14,17-18H,2,4-8,15-16H2,1,3H3. The van der Waals surface area contributed by atoms with Crippen molar-refractivity contribution in [3.8, 4) is 27.7 Å². The maximum absolute atomic E-state index is 11.9. The number of carbonyl (C=O) groups excluding carboxylic acids is 1. The van der Waals surface area contributed by atoms with Crippen LogP contribution in [-0.2, 0) is 9.53 Å². The summed E-state index contributed by atoms with van der Waals surface area (Å²) in [5.41, 5.74) is 2.12. The van der Waals surface area contributed by atoms with E-state index in [9.17, 15) is 4.79 Å². The van der Waals surface area contributed by atoms with Crippen molar-refractivity contribution in [1.82, 2.24) is 0 Å². The molecule has 8 heteroatoms. The Morgan fingerprint density at radius 3 is 2.26 bits per heavy atom. The zero-order valence-electron chi connectivity index (χ0n) is 20.0.